The zero-order chi connectivity index (χ0) is 14.1. The number of hydrogen-bond acceptors (Lipinski definition) is 8. The van der Waals surface area contributed by atoms with E-state index in [0.717, 1.165) is 0 Å². The van der Waals surface area contributed by atoms with Crippen molar-refractivity contribution in [1.82, 2.24) is 15.0 Å². The lowest BCUT2D eigenvalue weighted by Crippen LogP contribution is -2.14. The molecule has 0 aliphatic rings. The van der Waals surface area contributed by atoms with Crippen LogP contribution in [0, 0.1) is 0 Å². The number of esters is 1. The molecule has 1 rings (SSSR count). The number of hydrogen-bond donors (Lipinski definition) is 2. The molecule has 8 heteroatoms. The van der Waals surface area contributed by atoms with Gasteiger partial charge in [-0.05, 0) is 13.8 Å². The van der Waals surface area contributed by atoms with Crippen LogP contribution in [0.25, 0.3) is 0 Å². The van der Waals surface area contributed by atoms with E-state index in [1.807, 2.05) is 13.8 Å². The van der Waals surface area contributed by atoms with Crippen molar-refractivity contribution in [3.63, 3.8) is 0 Å². The summed E-state index contributed by atoms with van der Waals surface area (Å²) in [6.45, 7) is 5.33. The van der Waals surface area contributed by atoms with Crippen LogP contribution in [0.3, 0.4) is 0 Å². The number of methoxy groups -OCH3 is 1. The van der Waals surface area contributed by atoms with Gasteiger partial charge in [0.2, 0.25) is 11.9 Å². The SMILES string of the molecule is CCNc1nc(NCCC(=O)OC)nc(OCC)n1. The predicted molar refractivity (Wildman–Crippen MR) is 70.3 cm³/mol. The standard InChI is InChI=1S/C11H19N5O3/c1-4-12-9-14-10(13-7-6-8(17)18-3)16-11(15-9)19-5-2/h4-7H2,1-3H3,(H2,12,13,14,15,16). The molecule has 0 aromatic carbocycles. The van der Waals surface area contributed by atoms with Gasteiger partial charge in [0.15, 0.2) is 0 Å². The van der Waals surface area contributed by atoms with Gasteiger partial charge >= 0.3 is 12.0 Å². The van der Waals surface area contributed by atoms with Gasteiger partial charge in [-0.1, -0.05) is 0 Å². The molecule has 0 amide bonds. The summed E-state index contributed by atoms with van der Waals surface area (Å²) < 4.78 is 9.79. The Morgan fingerprint density at radius 2 is 1.84 bits per heavy atom. The Morgan fingerprint density at radius 1 is 1.16 bits per heavy atom. The summed E-state index contributed by atoms with van der Waals surface area (Å²) in [6.07, 6.45) is 0.239. The molecule has 0 unspecified atom stereocenters. The molecule has 0 aliphatic heterocycles. The van der Waals surface area contributed by atoms with Crippen LogP contribution in [0.4, 0.5) is 11.9 Å². The minimum atomic E-state index is -0.293. The maximum atomic E-state index is 11.0. The number of nitrogens with zero attached hydrogens (tertiary/aromatic N) is 3. The largest absolute Gasteiger partial charge is 0.469 e. The summed E-state index contributed by atoms with van der Waals surface area (Å²) >= 11 is 0. The van der Waals surface area contributed by atoms with Crippen LogP contribution < -0.4 is 15.4 Å². The van der Waals surface area contributed by atoms with E-state index < -0.39 is 0 Å². The molecule has 2 N–H and O–H groups in total. The second kappa shape index (κ2) is 8.06. The molecule has 0 aliphatic carbocycles. The van der Waals surface area contributed by atoms with Crippen LogP contribution in [0.2, 0.25) is 0 Å². The van der Waals surface area contributed by atoms with Gasteiger partial charge in [-0.2, -0.15) is 15.0 Å². The number of carbonyl (C=O) groups is 1. The maximum Gasteiger partial charge on any atom is 0.323 e. The Labute approximate surface area is 111 Å². The highest BCUT2D eigenvalue weighted by atomic mass is 16.5. The summed E-state index contributed by atoms with van der Waals surface area (Å²) in [6, 6.07) is 0.244. The van der Waals surface area contributed by atoms with Crippen molar-refractivity contribution in [3.05, 3.63) is 0 Å². The third-order valence-corrected chi connectivity index (χ3v) is 2.06. The van der Waals surface area contributed by atoms with Gasteiger partial charge in [0.25, 0.3) is 0 Å². The zero-order valence-corrected chi connectivity index (χ0v) is 11.4. The molecule has 1 aromatic rings. The Balaban J connectivity index is 2.66. The molecule has 0 saturated heterocycles. The second-order valence-corrected chi connectivity index (χ2v) is 3.48. The fourth-order valence-corrected chi connectivity index (χ4v) is 1.24. The number of ether oxygens (including phenoxy) is 2. The van der Waals surface area contributed by atoms with Crippen LogP contribution in [-0.2, 0) is 9.53 Å². The van der Waals surface area contributed by atoms with Crippen molar-refractivity contribution in [2.75, 3.05) is 37.4 Å². The fraction of sp³-hybridized carbons (Fsp3) is 0.636. The quantitative estimate of drug-likeness (QED) is 0.665. The number of anilines is 2. The Morgan fingerprint density at radius 3 is 2.42 bits per heavy atom. The summed E-state index contributed by atoms with van der Waals surface area (Å²) in [5.41, 5.74) is 0. The molecule has 19 heavy (non-hydrogen) atoms. The van der Waals surface area contributed by atoms with Crippen molar-refractivity contribution in [1.29, 1.82) is 0 Å². The monoisotopic (exact) mass is 269 g/mol. The van der Waals surface area contributed by atoms with Crippen LogP contribution >= 0.6 is 0 Å². The number of carbonyl (C=O) groups excluding carboxylic acids is 1. The van der Waals surface area contributed by atoms with E-state index >= 15 is 0 Å². The van der Waals surface area contributed by atoms with Gasteiger partial charge in [-0.25, -0.2) is 0 Å². The van der Waals surface area contributed by atoms with E-state index in [0.29, 0.717) is 31.6 Å². The summed E-state index contributed by atoms with van der Waals surface area (Å²) in [4.78, 5) is 23.3. The van der Waals surface area contributed by atoms with Gasteiger partial charge in [-0.15, -0.1) is 0 Å². The predicted octanol–water partition coefficient (Wildman–Crippen LogP) is 0.677. The molecule has 1 heterocycles. The van der Waals surface area contributed by atoms with E-state index in [1.165, 1.54) is 7.11 Å². The van der Waals surface area contributed by atoms with Crippen molar-refractivity contribution in [3.8, 4) is 6.01 Å². The molecule has 0 spiro atoms. The first kappa shape index (κ1) is 14.9. The number of aromatic nitrogens is 3. The Kier molecular flexibility index (Phi) is 6.34. The van der Waals surface area contributed by atoms with Crippen molar-refractivity contribution in [2.45, 2.75) is 20.3 Å². The van der Waals surface area contributed by atoms with Crippen molar-refractivity contribution in [2.24, 2.45) is 0 Å². The van der Waals surface area contributed by atoms with E-state index in [-0.39, 0.29) is 18.4 Å². The molecule has 0 bridgehead atoms. The molecule has 1 aromatic heterocycles. The second-order valence-electron chi connectivity index (χ2n) is 3.48. The molecule has 0 atom stereocenters. The van der Waals surface area contributed by atoms with Gasteiger partial charge in [-0.3, -0.25) is 4.79 Å². The van der Waals surface area contributed by atoms with Crippen molar-refractivity contribution >= 4 is 17.9 Å². The minimum absolute atomic E-state index is 0.239. The molecule has 8 nitrogen and oxygen atoms in total. The lowest BCUT2D eigenvalue weighted by Gasteiger charge is -2.08. The van der Waals surface area contributed by atoms with Crippen LogP contribution in [0.1, 0.15) is 20.3 Å². The highest BCUT2D eigenvalue weighted by Crippen LogP contribution is 2.11. The molecule has 0 fully saturated rings. The van der Waals surface area contributed by atoms with Crippen LogP contribution in [0.15, 0.2) is 0 Å². The first-order valence-electron chi connectivity index (χ1n) is 6.13. The van der Waals surface area contributed by atoms with Gasteiger partial charge in [0, 0.05) is 13.1 Å². The topological polar surface area (TPSA) is 98.3 Å². The van der Waals surface area contributed by atoms with Crippen molar-refractivity contribution < 1.29 is 14.3 Å². The molecule has 0 radical (unpaired) electrons. The maximum absolute atomic E-state index is 11.0. The van der Waals surface area contributed by atoms with Crippen LogP contribution in [0.5, 0.6) is 6.01 Å². The lowest BCUT2D eigenvalue weighted by molar-refractivity contribution is -0.140. The van der Waals surface area contributed by atoms with Gasteiger partial charge in [0.05, 0.1) is 20.1 Å². The Bertz CT molecular complexity index is 389. The summed E-state index contributed by atoms with van der Waals surface area (Å²) in [7, 11) is 1.35. The molecular weight excluding hydrogens is 250 g/mol. The highest BCUT2D eigenvalue weighted by Gasteiger charge is 2.07. The first-order valence-corrected chi connectivity index (χ1v) is 6.13. The van der Waals surface area contributed by atoms with E-state index in [2.05, 4.69) is 30.3 Å². The first-order chi connectivity index (χ1) is 9.19. The van der Waals surface area contributed by atoms with Crippen LogP contribution in [-0.4, -0.2) is 47.7 Å². The van der Waals surface area contributed by atoms with E-state index in [1.54, 1.807) is 0 Å². The average molecular weight is 269 g/mol. The molecular formula is C11H19N5O3. The molecule has 0 saturated carbocycles. The third kappa shape index (κ3) is 5.36. The summed E-state index contributed by atoms with van der Waals surface area (Å²) in [5.74, 6) is 0.498. The van der Waals surface area contributed by atoms with Gasteiger partial charge in [0.1, 0.15) is 0 Å². The van der Waals surface area contributed by atoms with E-state index in [4.69, 9.17) is 4.74 Å². The van der Waals surface area contributed by atoms with E-state index in [9.17, 15) is 4.79 Å². The normalized spacial score (nSPS) is 9.84. The highest BCUT2D eigenvalue weighted by molar-refractivity contribution is 5.69. The fourth-order valence-electron chi connectivity index (χ4n) is 1.24. The lowest BCUT2D eigenvalue weighted by atomic mass is 10.4. The third-order valence-electron chi connectivity index (χ3n) is 2.06. The number of nitrogens with one attached hydrogen (secondary N) is 2. The minimum Gasteiger partial charge on any atom is -0.469 e. The Hall–Kier alpha value is -2.12. The average Bonchev–Trinajstić information content (AvgIpc) is 2.39. The zero-order valence-electron chi connectivity index (χ0n) is 11.4. The molecule has 106 valence electrons. The summed E-state index contributed by atoms with van der Waals surface area (Å²) in [5, 5.41) is 5.91. The number of rotatable bonds is 8. The smallest absolute Gasteiger partial charge is 0.323 e. The van der Waals surface area contributed by atoms with Gasteiger partial charge < -0.3 is 20.1 Å².